The monoisotopic (exact) mass is 239 g/mol. The fourth-order valence-electron chi connectivity index (χ4n) is 1.65. The topological polar surface area (TPSA) is 66.4 Å². The summed E-state index contributed by atoms with van der Waals surface area (Å²) in [5.74, 6) is -1.85. The van der Waals surface area contributed by atoms with E-state index in [1.807, 2.05) is 0 Å². The van der Waals surface area contributed by atoms with Crippen LogP contribution in [0, 0.1) is 12.7 Å². The minimum Gasteiger partial charge on any atom is -0.481 e. The van der Waals surface area contributed by atoms with Gasteiger partial charge in [-0.25, -0.2) is 4.39 Å². The first-order chi connectivity index (χ1) is 7.90. The molecule has 1 rings (SSSR count). The number of halogens is 1. The van der Waals surface area contributed by atoms with Crippen LogP contribution in [0.5, 0.6) is 0 Å². The normalized spacial score (nSPS) is 11.9. The van der Waals surface area contributed by atoms with E-state index in [0.29, 0.717) is 5.56 Å². The molecule has 1 aromatic carbocycles. The van der Waals surface area contributed by atoms with Crippen molar-refractivity contribution in [3.63, 3.8) is 0 Å². The second-order valence-electron chi connectivity index (χ2n) is 3.85. The predicted molar refractivity (Wildman–Crippen MR) is 59.9 cm³/mol. The fourth-order valence-corrected chi connectivity index (χ4v) is 1.65. The Hall–Kier alpha value is -1.91. The average Bonchev–Trinajstić information content (AvgIpc) is 2.19. The Bertz CT molecular complexity index is 429. The molecule has 1 atom stereocenters. The Morgan fingerprint density at radius 3 is 2.65 bits per heavy atom. The molecule has 0 aliphatic carbocycles. The largest absolute Gasteiger partial charge is 0.481 e. The van der Waals surface area contributed by atoms with Gasteiger partial charge in [-0.3, -0.25) is 9.59 Å². The Kier molecular flexibility index (Phi) is 4.20. The third kappa shape index (κ3) is 3.86. The number of carbonyl (C=O) groups is 2. The summed E-state index contributed by atoms with van der Waals surface area (Å²) in [5, 5.41) is 11.3. The van der Waals surface area contributed by atoms with E-state index < -0.39 is 17.8 Å². The highest BCUT2D eigenvalue weighted by atomic mass is 19.1. The number of nitrogens with one attached hydrogen (secondary N) is 1. The summed E-state index contributed by atoms with van der Waals surface area (Å²) < 4.78 is 13.1. The third-order valence-corrected chi connectivity index (χ3v) is 2.37. The van der Waals surface area contributed by atoms with Crippen molar-refractivity contribution in [1.82, 2.24) is 5.32 Å². The lowest BCUT2D eigenvalue weighted by atomic mass is 9.98. The molecule has 0 spiro atoms. The number of benzene rings is 1. The lowest BCUT2D eigenvalue weighted by Gasteiger charge is -2.18. The highest BCUT2D eigenvalue weighted by Gasteiger charge is 2.18. The zero-order valence-electron chi connectivity index (χ0n) is 9.66. The van der Waals surface area contributed by atoms with Crippen LogP contribution >= 0.6 is 0 Å². The van der Waals surface area contributed by atoms with Crippen molar-refractivity contribution in [2.24, 2.45) is 0 Å². The lowest BCUT2D eigenvalue weighted by Crippen LogP contribution is -2.28. The van der Waals surface area contributed by atoms with Crippen molar-refractivity contribution in [1.29, 1.82) is 0 Å². The number of carboxylic acid groups (broad SMARTS) is 1. The minimum absolute atomic E-state index is 0.274. The molecule has 0 saturated heterocycles. The molecule has 17 heavy (non-hydrogen) atoms. The zero-order valence-corrected chi connectivity index (χ0v) is 9.66. The number of rotatable bonds is 4. The Morgan fingerprint density at radius 1 is 1.47 bits per heavy atom. The van der Waals surface area contributed by atoms with Gasteiger partial charge in [-0.15, -0.1) is 0 Å². The number of hydrogen-bond donors (Lipinski definition) is 2. The van der Waals surface area contributed by atoms with Crippen LogP contribution < -0.4 is 5.32 Å². The highest BCUT2D eigenvalue weighted by molar-refractivity contribution is 5.75. The van der Waals surface area contributed by atoms with Gasteiger partial charge in [0.1, 0.15) is 5.82 Å². The van der Waals surface area contributed by atoms with Crippen molar-refractivity contribution in [2.45, 2.75) is 26.3 Å². The van der Waals surface area contributed by atoms with Crippen molar-refractivity contribution in [3.05, 3.63) is 35.1 Å². The van der Waals surface area contributed by atoms with E-state index in [4.69, 9.17) is 5.11 Å². The Labute approximate surface area is 98.5 Å². The van der Waals surface area contributed by atoms with Crippen molar-refractivity contribution in [3.8, 4) is 0 Å². The van der Waals surface area contributed by atoms with Gasteiger partial charge in [0.15, 0.2) is 0 Å². The molecule has 0 bridgehead atoms. The van der Waals surface area contributed by atoms with Crippen molar-refractivity contribution >= 4 is 11.9 Å². The number of carbonyl (C=O) groups excluding carboxylic acids is 1. The van der Waals surface area contributed by atoms with Gasteiger partial charge in [0.25, 0.3) is 0 Å². The van der Waals surface area contributed by atoms with Crippen LogP contribution in [0.15, 0.2) is 18.2 Å². The minimum atomic E-state index is -1.05. The second-order valence-corrected chi connectivity index (χ2v) is 3.85. The molecule has 0 unspecified atom stereocenters. The summed E-state index contributed by atoms with van der Waals surface area (Å²) >= 11 is 0. The molecule has 0 aliphatic heterocycles. The standard InChI is InChI=1S/C12H14FNO3/c1-7-3-4-9(13)5-10(7)11(6-12(16)17)14-8(2)15/h3-5,11H,6H2,1-2H3,(H,14,15)(H,16,17)/t11-/m0/s1. The molecule has 0 saturated carbocycles. The number of amides is 1. The van der Waals surface area contributed by atoms with Crippen molar-refractivity contribution in [2.75, 3.05) is 0 Å². The molecule has 4 nitrogen and oxygen atoms in total. The van der Waals surface area contributed by atoms with Crippen LogP contribution in [0.4, 0.5) is 4.39 Å². The smallest absolute Gasteiger partial charge is 0.305 e. The van der Waals surface area contributed by atoms with Gasteiger partial charge in [0.05, 0.1) is 12.5 Å². The van der Waals surface area contributed by atoms with Crippen LogP contribution in [0.3, 0.4) is 0 Å². The maximum absolute atomic E-state index is 13.1. The average molecular weight is 239 g/mol. The van der Waals surface area contributed by atoms with Crippen molar-refractivity contribution < 1.29 is 19.1 Å². The van der Waals surface area contributed by atoms with Gasteiger partial charge in [-0.1, -0.05) is 6.07 Å². The zero-order chi connectivity index (χ0) is 13.0. The van der Waals surface area contributed by atoms with Gasteiger partial charge >= 0.3 is 5.97 Å². The van der Waals surface area contributed by atoms with Gasteiger partial charge in [0, 0.05) is 6.92 Å². The summed E-state index contributed by atoms with van der Waals surface area (Å²) in [6.45, 7) is 3.04. The van der Waals surface area contributed by atoms with E-state index in [0.717, 1.165) is 5.56 Å². The number of hydrogen-bond acceptors (Lipinski definition) is 2. The van der Waals surface area contributed by atoms with E-state index in [-0.39, 0.29) is 12.3 Å². The van der Waals surface area contributed by atoms with Crippen LogP contribution in [-0.4, -0.2) is 17.0 Å². The molecule has 0 fully saturated rings. The predicted octanol–water partition coefficient (Wildman–Crippen LogP) is 1.79. The highest BCUT2D eigenvalue weighted by Crippen LogP contribution is 2.21. The first-order valence-electron chi connectivity index (χ1n) is 5.15. The van der Waals surface area contributed by atoms with E-state index in [1.54, 1.807) is 13.0 Å². The van der Waals surface area contributed by atoms with Gasteiger partial charge in [-0.05, 0) is 30.2 Å². The first kappa shape index (κ1) is 13.2. The summed E-state index contributed by atoms with van der Waals surface area (Å²) in [6, 6.07) is 3.39. The number of aliphatic carboxylic acids is 1. The van der Waals surface area contributed by atoms with Crippen LogP contribution in [0.1, 0.15) is 30.5 Å². The van der Waals surface area contributed by atoms with Gasteiger partial charge < -0.3 is 10.4 Å². The second kappa shape index (κ2) is 5.43. The van der Waals surface area contributed by atoms with E-state index >= 15 is 0 Å². The quantitative estimate of drug-likeness (QED) is 0.841. The van der Waals surface area contributed by atoms with Gasteiger partial charge in [-0.2, -0.15) is 0 Å². The molecular formula is C12H14FNO3. The molecule has 0 aromatic heterocycles. The molecule has 2 N–H and O–H groups in total. The Balaban J connectivity index is 3.06. The lowest BCUT2D eigenvalue weighted by molar-refractivity contribution is -0.137. The molecule has 5 heteroatoms. The summed E-state index contributed by atoms with van der Waals surface area (Å²) in [5.41, 5.74) is 1.23. The number of aryl methyl sites for hydroxylation is 1. The molecule has 0 heterocycles. The van der Waals surface area contributed by atoms with E-state index in [9.17, 15) is 14.0 Å². The molecule has 92 valence electrons. The van der Waals surface area contributed by atoms with Gasteiger partial charge in [0.2, 0.25) is 5.91 Å². The molecule has 1 amide bonds. The Morgan fingerprint density at radius 2 is 2.12 bits per heavy atom. The maximum Gasteiger partial charge on any atom is 0.305 e. The molecule has 0 aliphatic rings. The number of carboxylic acids is 1. The third-order valence-electron chi connectivity index (χ3n) is 2.37. The SMILES string of the molecule is CC(=O)N[C@@H](CC(=O)O)c1cc(F)ccc1C. The fraction of sp³-hybridized carbons (Fsp3) is 0.333. The molecule has 1 aromatic rings. The molecular weight excluding hydrogens is 225 g/mol. The van der Waals surface area contributed by atoms with Crippen LogP contribution in [0.2, 0.25) is 0 Å². The van der Waals surface area contributed by atoms with Crippen LogP contribution in [-0.2, 0) is 9.59 Å². The maximum atomic E-state index is 13.1. The molecule has 0 radical (unpaired) electrons. The van der Waals surface area contributed by atoms with Crippen LogP contribution in [0.25, 0.3) is 0 Å². The van der Waals surface area contributed by atoms with E-state index in [2.05, 4.69) is 5.32 Å². The summed E-state index contributed by atoms with van der Waals surface area (Å²) in [7, 11) is 0. The summed E-state index contributed by atoms with van der Waals surface area (Å²) in [6.07, 6.45) is -0.274. The summed E-state index contributed by atoms with van der Waals surface area (Å²) in [4.78, 5) is 21.7. The van der Waals surface area contributed by atoms with E-state index in [1.165, 1.54) is 19.1 Å². The first-order valence-corrected chi connectivity index (χ1v) is 5.15.